The third-order valence-corrected chi connectivity index (χ3v) is 11.2. The van der Waals surface area contributed by atoms with Crippen LogP contribution < -0.4 is 5.73 Å². The summed E-state index contributed by atoms with van der Waals surface area (Å²) >= 11 is 0. The molecule has 3 unspecified atom stereocenters. The van der Waals surface area contributed by atoms with Gasteiger partial charge in [0.25, 0.3) is 0 Å². The number of fused-ring (bicyclic) bond motifs is 1. The number of ether oxygens (including phenoxy) is 5. The lowest BCUT2D eigenvalue weighted by molar-refractivity contribution is -0.298. The van der Waals surface area contributed by atoms with E-state index in [-0.39, 0.29) is 30.1 Å². The van der Waals surface area contributed by atoms with Crippen molar-refractivity contribution in [3.05, 3.63) is 0 Å². The van der Waals surface area contributed by atoms with Crippen LogP contribution in [0.3, 0.4) is 0 Å². The highest BCUT2D eigenvalue weighted by molar-refractivity contribution is 6.00. The summed E-state index contributed by atoms with van der Waals surface area (Å²) in [6.45, 7) is 19.7. The largest absolute Gasteiger partial charge is 0.458 e. The molecule has 3 N–H and O–H groups in total. The summed E-state index contributed by atoms with van der Waals surface area (Å²) in [5.74, 6) is -3.08. The molecule has 3 aliphatic rings. The zero-order valence-electron chi connectivity index (χ0n) is 31.4. The molecule has 0 saturated carbocycles. The predicted octanol–water partition coefficient (Wildman–Crippen LogP) is 2.65. The van der Waals surface area contributed by atoms with Crippen molar-refractivity contribution in [1.82, 2.24) is 14.7 Å². The molecule has 3 fully saturated rings. The van der Waals surface area contributed by atoms with Crippen molar-refractivity contribution in [1.29, 1.82) is 0 Å². The number of amides is 1. The van der Waals surface area contributed by atoms with Crippen molar-refractivity contribution in [2.45, 2.75) is 142 Å². The van der Waals surface area contributed by atoms with Crippen molar-refractivity contribution < 1.29 is 43.2 Å². The number of aliphatic hydroxyl groups is 1. The molecule has 0 aromatic heterocycles. The predicted molar refractivity (Wildman–Crippen MR) is 181 cm³/mol. The molecule has 0 aromatic rings. The van der Waals surface area contributed by atoms with Gasteiger partial charge in [0.1, 0.15) is 18.1 Å². The zero-order chi connectivity index (χ0) is 36.3. The average molecular weight is 685 g/mol. The fraction of sp³-hybridized carbons (Fsp3) is 0.914. The highest BCUT2D eigenvalue weighted by Crippen LogP contribution is 2.49. The van der Waals surface area contributed by atoms with Crippen molar-refractivity contribution in [2.24, 2.45) is 23.5 Å². The first-order chi connectivity index (χ1) is 22.4. The molecule has 3 rings (SSSR count). The maximum atomic E-state index is 14.2. The van der Waals surface area contributed by atoms with Crippen LogP contribution in [0.5, 0.6) is 0 Å². The fourth-order valence-corrected chi connectivity index (χ4v) is 7.91. The van der Waals surface area contributed by atoms with E-state index in [9.17, 15) is 19.5 Å². The average Bonchev–Trinajstić information content (AvgIpc) is 3.66. The summed E-state index contributed by atoms with van der Waals surface area (Å²) in [7, 11) is 5.40. The quantitative estimate of drug-likeness (QED) is 0.117. The van der Waals surface area contributed by atoms with E-state index in [4.69, 9.17) is 29.4 Å². The van der Waals surface area contributed by atoms with Gasteiger partial charge in [0.2, 0.25) is 0 Å². The lowest BCUT2D eigenvalue weighted by atomic mass is 9.78. The lowest BCUT2D eigenvalue weighted by Gasteiger charge is -2.47. The van der Waals surface area contributed by atoms with Crippen molar-refractivity contribution >= 4 is 17.8 Å². The second-order valence-corrected chi connectivity index (χ2v) is 14.9. The highest BCUT2D eigenvalue weighted by atomic mass is 16.7. The van der Waals surface area contributed by atoms with E-state index in [1.165, 1.54) is 6.92 Å². The molecule has 13 nitrogen and oxygen atoms in total. The standard InChI is InChI=1S/C35H64N4O9/c1-13-26(35(9)29-23(7)39(29)33(43)48-35)46-31(42)22(6)27(40)21(5)30(34(8,44-12)17-20(4)18-36)47-32-28(41)25(37(10)11)16-24(45-32)19-38(14-2)15-3/h20-26,28-30,32,41H,13-19,36H2,1-12H3/t20-,21+,22?,23+,24+,25?,26-,28?,29-,30-,32+,34-,35-,39?/m1/s1. The number of aliphatic hydroxyl groups excluding tert-OH is 1. The van der Waals surface area contributed by atoms with E-state index >= 15 is 0 Å². The lowest BCUT2D eigenvalue weighted by Crippen LogP contribution is -2.60. The van der Waals surface area contributed by atoms with Crippen LogP contribution in [0.2, 0.25) is 0 Å². The van der Waals surface area contributed by atoms with E-state index in [2.05, 4.69) is 18.7 Å². The summed E-state index contributed by atoms with van der Waals surface area (Å²) in [6, 6.07) is -0.431. The molecule has 13 atom stereocenters. The molecule has 0 bridgehead atoms. The molecular weight excluding hydrogens is 620 g/mol. The van der Waals surface area contributed by atoms with E-state index in [1.807, 2.05) is 46.7 Å². The molecule has 3 saturated heterocycles. The highest BCUT2D eigenvalue weighted by Gasteiger charge is 2.69. The zero-order valence-corrected chi connectivity index (χ0v) is 31.4. The summed E-state index contributed by atoms with van der Waals surface area (Å²) in [5.41, 5.74) is 3.99. The minimum atomic E-state index is -1.15. The molecule has 13 heteroatoms. The number of hydrogen-bond donors (Lipinski definition) is 2. The van der Waals surface area contributed by atoms with Gasteiger partial charge in [-0.3, -0.25) is 14.5 Å². The van der Waals surface area contributed by atoms with Gasteiger partial charge in [0.05, 0.1) is 29.9 Å². The van der Waals surface area contributed by atoms with Gasteiger partial charge in [-0.25, -0.2) is 4.79 Å². The summed E-state index contributed by atoms with van der Waals surface area (Å²) in [6.07, 6.45) is -2.85. The number of esters is 1. The Kier molecular flexibility index (Phi) is 13.9. The van der Waals surface area contributed by atoms with Crippen LogP contribution in [0.1, 0.15) is 81.6 Å². The van der Waals surface area contributed by atoms with Gasteiger partial charge in [0.15, 0.2) is 17.7 Å². The Balaban J connectivity index is 1.88. The maximum absolute atomic E-state index is 14.2. The Morgan fingerprint density at radius 3 is 2.29 bits per heavy atom. The number of nitrogens with two attached hydrogens (primary N) is 1. The van der Waals surface area contributed by atoms with Crippen LogP contribution in [-0.4, -0.2) is 145 Å². The van der Waals surface area contributed by atoms with Crippen LogP contribution in [0.4, 0.5) is 4.79 Å². The van der Waals surface area contributed by atoms with E-state index in [0.29, 0.717) is 32.4 Å². The van der Waals surface area contributed by atoms with Gasteiger partial charge in [-0.2, -0.15) is 0 Å². The van der Waals surface area contributed by atoms with Crippen LogP contribution in [0.25, 0.3) is 0 Å². The minimum Gasteiger partial charge on any atom is -0.458 e. The number of Topliss-reactive ketones (excluding diaryl/α,β-unsaturated/α-hetero) is 1. The Hall–Kier alpha value is -1.87. The second kappa shape index (κ2) is 16.4. The molecule has 3 heterocycles. The smallest absolute Gasteiger partial charge is 0.411 e. The Labute approximate surface area is 288 Å². The first-order valence-corrected chi connectivity index (χ1v) is 17.8. The fourth-order valence-electron chi connectivity index (χ4n) is 7.91. The Bertz CT molecular complexity index is 1110. The monoisotopic (exact) mass is 684 g/mol. The number of ketones is 1. The summed E-state index contributed by atoms with van der Waals surface area (Å²) in [5, 5.41) is 11.6. The summed E-state index contributed by atoms with van der Waals surface area (Å²) < 4.78 is 30.9. The molecule has 278 valence electrons. The van der Waals surface area contributed by atoms with Gasteiger partial charge in [-0.15, -0.1) is 0 Å². The van der Waals surface area contributed by atoms with Gasteiger partial charge < -0.3 is 44.3 Å². The molecule has 3 aliphatic heterocycles. The van der Waals surface area contributed by atoms with Crippen molar-refractivity contribution in [2.75, 3.05) is 47.4 Å². The first kappa shape index (κ1) is 40.6. The topological polar surface area (TPSA) is 153 Å². The molecule has 48 heavy (non-hydrogen) atoms. The Morgan fingerprint density at radius 1 is 1.19 bits per heavy atom. The number of cyclic esters (lactones) is 1. The molecule has 0 aromatic carbocycles. The Morgan fingerprint density at radius 2 is 1.81 bits per heavy atom. The third-order valence-electron chi connectivity index (χ3n) is 11.2. The van der Waals surface area contributed by atoms with Crippen molar-refractivity contribution in [3.63, 3.8) is 0 Å². The SMILES string of the molecule is CC[C@@H](OC(=O)C(C)C(=O)[C@H](C)[C@@H](O[C@@H]1O[C@H](CN(CC)CC)CC(N(C)C)C1O)[C@@](C)(C[C@@H](C)CN)OC)[C@@]1(C)OC(=O)N2[C@@H](C)[C@@H]21. The normalized spacial score (nSPS) is 33.0. The number of rotatable bonds is 19. The first-order valence-electron chi connectivity index (χ1n) is 17.8. The van der Waals surface area contributed by atoms with Gasteiger partial charge >= 0.3 is 12.1 Å². The number of carbonyl (C=O) groups excluding carboxylic acids is 3. The second-order valence-electron chi connectivity index (χ2n) is 14.9. The maximum Gasteiger partial charge on any atom is 0.411 e. The van der Waals surface area contributed by atoms with Gasteiger partial charge in [-0.05, 0) is 86.6 Å². The van der Waals surface area contributed by atoms with E-state index in [1.54, 1.807) is 25.9 Å². The number of hydrogen-bond acceptors (Lipinski definition) is 12. The third kappa shape index (κ3) is 8.35. The molecule has 0 radical (unpaired) electrons. The van der Waals surface area contributed by atoms with Crippen LogP contribution >= 0.6 is 0 Å². The molecule has 1 amide bonds. The number of nitrogens with zero attached hydrogens (tertiary/aromatic N) is 3. The van der Waals surface area contributed by atoms with E-state index in [0.717, 1.165) is 13.1 Å². The molecule has 0 aliphatic carbocycles. The number of methoxy groups -OCH3 is 1. The van der Waals surface area contributed by atoms with Crippen molar-refractivity contribution in [3.8, 4) is 0 Å². The van der Waals surface area contributed by atoms with Crippen LogP contribution in [0, 0.1) is 17.8 Å². The minimum absolute atomic E-state index is 0.000291. The molecular formula is C35H64N4O9. The van der Waals surface area contributed by atoms with Gasteiger partial charge in [-0.1, -0.05) is 34.6 Å². The number of likely N-dealkylation sites (N-methyl/N-ethyl adjacent to an activating group) is 2. The molecule has 0 spiro atoms. The summed E-state index contributed by atoms with van der Waals surface area (Å²) in [4.78, 5) is 46.1. The van der Waals surface area contributed by atoms with Crippen LogP contribution in [0.15, 0.2) is 0 Å². The number of carbonyl (C=O) groups is 3. The van der Waals surface area contributed by atoms with Gasteiger partial charge in [0, 0.05) is 25.6 Å². The van der Waals surface area contributed by atoms with Crippen LogP contribution in [-0.2, 0) is 33.3 Å². The van der Waals surface area contributed by atoms with E-state index < -0.39 is 65.5 Å².